The molecule has 1 unspecified atom stereocenters. The van der Waals surface area contributed by atoms with E-state index in [4.69, 9.17) is 0 Å². The maximum atomic E-state index is 11.9. The number of nitrogens with one attached hydrogen (secondary N) is 2. The lowest BCUT2D eigenvalue weighted by molar-refractivity contribution is -0.122. The Hall–Kier alpha value is -0.610. The summed E-state index contributed by atoms with van der Waals surface area (Å²) < 4.78 is 0. The summed E-state index contributed by atoms with van der Waals surface area (Å²) in [5, 5.41) is 6.45. The van der Waals surface area contributed by atoms with Crippen molar-refractivity contribution in [2.24, 2.45) is 11.8 Å². The molecule has 2 aliphatic rings. The van der Waals surface area contributed by atoms with Crippen molar-refractivity contribution in [2.45, 2.75) is 45.4 Å². The molecule has 0 aromatic heterocycles. The minimum Gasteiger partial charge on any atom is -0.356 e. The minimum absolute atomic E-state index is 0.242. The molecule has 2 saturated heterocycles. The predicted molar refractivity (Wildman–Crippen MR) is 82.7 cm³/mol. The van der Waals surface area contributed by atoms with Gasteiger partial charge in [-0.05, 0) is 76.7 Å². The summed E-state index contributed by atoms with van der Waals surface area (Å²) in [6, 6.07) is 0. The molecular weight excluding hydrogens is 250 g/mol. The summed E-state index contributed by atoms with van der Waals surface area (Å²) in [6.07, 6.45) is 6.87. The Bertz CT molecular complexity index is 281. The van der Waals surface area contributed by atoms with E-state index in [0.717, 1.165) is 38.5 Å². The Morgan fingerprint density at radius 2 is 2.10 bits per heavy atom. The molecule has 0 saturated carbocycles. The van der Waals surface area contributed by atoms with Gasteiger partial charge in [-0.2, -0.15) is 0 Å². The summed E-state index contributed by atoms with van der Waals surface area (Å²) in [7, 11) is 0. The van der Waals surface area contributed by atoms with E-state index < -0.39 is 0 Å². The number of hydrogen-bond donors (Lipinski definition) is 2. The Kier molecular flexibility index (Phi) is 6.80. The lowest BCUT2D eigenvalue weighted by atomic mass is 9.96. The first-order valence-corrected chi connectivity index (χ1v) is 8.44. The van der Waals surface area contributed by atoms with Crippen molar-refractivity contribution in [3.8, 4) is 0 Å². The first-order valence-electron chi connectivity index (χ1n) is 8.44. The van der Waals surface area contributed by atoms with Gasteiger partial charge in [0.1, 0.15) is 0 Å². The van der Waals surface area contributed by atoms with Crippen molar-refractivity contribution >= 4 is 5.91 Å². The van der Waals surface area contributed by atoms with Crippen LogP contribution in [0.4, 0.5) is 0 Å². The highest BCUT2D eigenvalue weighted by Gasteiger charge is 2.17. The number of rotatable bonds is 6. The van der Waals surface area contributed by atoms with Crippen LogP contribution < -0.4 is 10.6 Å². The van der Waals surface area contributed by atoms with Gasteiger partial charge in [-0.1, -0.05) is 6.92 Å². The second kappa shape index (κ2) is 8.63. The number of nitrogens with zero attached hydrogens (tertiary/aromatic N) is 1. The van der Waals surface area contributed by atoms with E-state index in [2.05, 4.69) is 22.5 Å². The van der Waals surface area contributed by atoms with Crippen LogP contribution in [-0.2, 0) is 4.79 Å². The number of hydrogen-bond acceptors (Lipinski definition) is 3. The Morgan fingerprint density at radius 1 is 1.30 bits per heavy atom. The topological polar surface area (TPSA) is 44.4 Å². The van der Waals surface area contributed by atoms with Gasteiger partial charge >= 0.3 is 0 Å². The quantitative estimate of drug-likeness (QED) is 0.727. The van der Waals surface area contributed by atoms with Gasteiger partial charge in [0.15, 0.2) is 0 Å². The molecule has 2 fully saturated rings. The molecule has 1 atom stereocenters. The molecule has 0 spiro atoms. The highest BCUT2D eigenvalue weighted by Crippen LogP contribution is 2.16. The van der Waals surface area contributed by atoms with Crippen molar-refractivity contribution in [2.75, 3.05) is 39.3 Å². The second-order valence-electron chi connectivity index (χ2n) is 6.64. The fourth-order valence-corrected chi connectivity index (χ4v) is 3.25. The van der Waals surface area contributed by atoms with Gasteiger partial charge in [0.2, 0.25) is 5.91 Å². The van der Waals surface area contributed by atoms with E-state index in [1.54, 1.807) is 0 Å². The van der Waals surface area contributed by atoms with Crippen LogP contribution >= 0.6 is 0 Å². The van der Waals surface area contributed by atoms with E-state index >= 15 is 0 Å². The Labute approximate surface area is 123 Å². The van der Waals surface area contributed by atoms with Crippen LogP contribution in [0.3, 0.4) is 0 Å². The maximum absolute atomic E-state index is 11.9. The van der Waals surface area contributed by atoms with Crippen LogP contribution in [0.5, 0.6) is 0 Å². The maximum Gasteiger partial charge on any atom is 0.220 e. The molecule has 1 amide bonds. The minimum atomic E-state index is 0.242. The normalized spacial score (nSPS) is 25.6. The molecule has 20 heavy (non-hydrogen) atoms. The smallest absolute Gasteiger partial charge is 0.220 e. The van der Waals surface area contributed by atoms with Crippen LogP contribution in [0, 0.1) is 11.8 Å². The van der Waals surface area contributed by atoms with Crippen LogP contribution in [0.2, 0.25) is 0 Å². The molecular formula is C16H31N3O. The molecule has 2 N–H and O–H groups in total. The zero-order valence-corrected chi connectivity index (χ0v) is 13.0. The van der Waals surface area contributed by atoms with Gasteiger partial charge in [-0.25, -0.2) is 0 Å². The molecule has 0 bridgehead atoms. The first kappa shape index (κ1) is 15.8. The zero-order chi connectivity index (χ0) is 14.2. The van der Waals surface area contributed by atoms with Crippen molar-refractivity contribution in [3.63, 3.8) is 0 Å². The Morgan fingerprint density at radius 3 is 2.80 bits per heavy atom. The largest absolute Gasteiger partial charge is 0.356 e. The van der Waals surface area contributed by atoms with Gasteiger partial charge in [-0.15, -0.1) is 0 Å². The monoisotopic (exact) mass is 281 g/mol. The van der Waals surface area contributed by atoms with Crippen molar-refractivity contribution in [1.29, 1.82) is 0 Å². The van der Waals surface area contributed by atoms with Gasteiger partial charge in [0, 0.05) is 13.0 Å². The summed E-state index contributed by atoms with van der Waals surface area (Å²) in [5.74, 6) is 1.69. The number of likely N-dealkylation sites (tertiary alicyclic amines) is 1. The fraction of sp³-hybridized carbons (Fsp3) is 0.938. The third-order valence-corrected chi connectivity index (χ3v) is 4.72. The average molecular weight is 281 g/mol. The molecule has 2 rings (SSSR count). The number of carbonyl (C=O) groups excluding carboxylic acids is 1. The van der Waals surface area contributed by atoms with E-state index in [1.807, 2.05) is 0 Å². The number of piperidine rings is 2. The summed E-state index contributed by atoms with van der Waals surface area (Å²) in [5.41, 5.74) is 0. The lowest BCUT2D eigenvalue weighted by Gasteiger charge is -2.30. The highest BCUT2D eigenvalue weighted by atomic mass is 16.1. The summed E-state index contributed by atoms with van der Waals surface area (Å²) in [6.45, 7) is 8.93. The van der Waals surface area contributed by atoms with Gasteiger partial charge in [-0.3, -0.25) is 4.79 Å². The molecule has 4 heteroatoms. The molecule has 0 aliphatic carbocycles. The van der Waals surface area contributed by atoms with Crippen LogP contribution in [0.25, 0.3) is 0 Å². The molecule has 0 aromatic rings. The van der Waals surface area contributed by atoms with Crippen molar-refractivity contribution in [3.05, 3.63) is 0 Å². The molecule has 116 valence electrons. The van der Waals surface area contributed by atoms with Crippen LogP contribution in [0.15, 0.2) is 0 Å². The molecule has 2 aliphatic heterocycles. The fourth-order valence-electron chi connectivity index (χ4n) is 3.25. The van der Waals surface area contributed by atoms with E-state index in [0.29, 0.717) is 12.3 Å². The van der Waals surface area contributed by atoms with E-state index in [1.165, 1.54) is 38.8 Å². The predicted octanol–water partition coefficient (Wildman–Crippen LogP) is 1.61. The third kappa shape index (κ3) is 5.80. The van der Waals surface area contributed by atoms with Gasteiger partial charge < -0.3 is 15.5 Å². The van der Waals surface area contributed by atoms with Crippen molar-refractivity contribution < 1.29 is 4.79 Å². The van der Waals surface area contributed by atoms with Crippen molar-refractivity contribution in [1.82, 2.24) is 15.5 Å². The zero-order valence-electron chi connectivity index (χ0n) is 13.0. The second-order valence-corrected chi connectivity index (χ2v) is 6.64. The molecule has 2 heterocycles. The summed E-state index contributed by atoms with van der Waals surface area (Å²) >= 11 is 0. The Balaban J connectivity index is 1.48. The van der Waals surface area contributed by atoms with E-state index in [9.17, 15) is 4.79 Å². The lowest BCUT2D eigenvalue weighted by Crippen LogP contribution is -2.36. The third-order valence-electron chi connectivity index (χ3n) is 4.72. The van der Waals surface area contributed by atoms with Crippen LogP contribution in [0.1, 0.15) is 45.4 Å². The van der Waals surface area contributed by atoms with Crippen LogP contribution in [-0.4, -0.2) is 50.1 Å². The first-order chi connectivity index (χ1) is 9.74. The molecule has 4 nitrogen and oxygen atoms in total. The molecule has 0 radical (unpaired) electrons. The number of carbonyl (C=O) groups is 1. The SMILES string of the molecule is CC1CCN(CCCNC(=O)CC2CCCNC2)CC1. The number of amides is 1. The average Bonchev–Trinajstić information content (AvgIpc) is 2.46. The van der Waals surface area contributed by atoms with Gasteiger partial charge in [0.25, 0.3) is 0 Å². The molecule has 0 aromatic carbocycles. The highest BCUT2D eigenvalue weighted by molar-refractivity contribution is 5.76. The van der Waals surface area contributed by atoms with Gasteiger partial charge in [0.05, 0.1) is 0 Å². The standard InChI is InChI=1S/C16H31N3O/c1-14-5-10-19(11-6-14)9-3-8-18-16(20)12-15-4-2-7-17-13-15/h14-15,17H,2-13H2,1H3,(H,18,20). The van der Waals surface area contributed by atoms with E-state index in [-0.39, 0.29) is 5.91 Å². The summed E-state index contributed by atoms with van der Waals surface area (Å²) in [4.78, 5) is 14.4.